The molecule has 0 unspecified atom stereocenters. The SMILES string of the molecule is O=S1(=O)CCSCS(=O)(=O)CC1. The van der Waals surface area contributed by atoms with E-state index >= 15 is 0 Å². The monoisotopic (exact) mass is 230 g/mol. The Balaban J connectivity index is 2.77. The van der Waals surface area contributed by atoms with Gasteiger partial charge in [-0.25, -0.2) is 16.8 Å². The molecule has 7 heteroatoms. The molecule has 1 saturated heterocycles. The minimum atomic E-state index is -3.13. The van der Waals surface area contributed by atoms with E-state index in [1.54, 1.807) is 0 Å². The van der Waals surface area contributed by atoms with E-state index in [1.165, 1.54) is 11.8 Å². The summed E-state index contributed by atoms with van der Waals surface area (Å²) in [6.45, 7) is 0. The van der Waals surface area contributed by atoms with Crippen molar-refractivity contribution in [3.05, 3.63) is 0 Å². The van der Waals surface area contributed by atoms with Crippen molar-refractivity contribution in [1.82, 2.24) is 0 Å². The van der Waals surface area contributed by atoms with Gasteiger partial charge in [-0.2, -0.15) is 0 Å². The first-order valence-electron chi connectivity index (χ1n) is 3.40. The maximum Gasteiger partial charge on any atom is 0.160 e. The summed E-state index contributed by atoms with van der Waals surface area (Å²) in [4.78, 5) is 0. The first kappa shape index (κ1) is 10.3. The fourth-order valence-corrected chi connectivity index (χ4v) is 6.47. The van der Waals surface area contributed by atoms with Crippen molar-refractivity contribution in [1.29, 1.82) is 0 Å². The van der Waals surface area contributed by atoms with Gasteiger partial charge in [0, 0.05) is 5.75 Å². The highest BCUT2D eigenvalue weighted by atomic mass is 32.3. The Labute approximate surface area is 76.6 Å². The lowest BCUT2D eigenvalue weighted by Gasteiger charge is -2.09. The lowest BCUT2D eigenvalue weighted by atomic mass is 10.9. The highest BCUT2D eigenvalue weighted by Crippen LogP contribution is 2.11. The van der Waals surface area contributed by atoms with Crippen LogP contribution in [0.25, 0.3) is 0 Å². The Kier molecular flexibility index (Phi) is 3.06. The van der Waals surface area contributed by atoms with Gasteiger partial charge >= 0.3 is 0 Å². The molecule has 0 aromatic rings. The fraction of sp³-hybridized carbons (Fsp3) is 1.00. The van der Waals surface area contributed by atoms with Gasteiger partial charge in [-0.1, -0.05) is 0 Å². The number of sulfone groups is 2. The van der Waals surface area contributed by atoms with E-state index in [4.69, 9.17) is 0 Å². The zero-order valence-electron chi connectivity index (χ0n) is 6.39. The molecule has 0 N–H and O–H groups in total. The second-order valence-electron chi connectivity index (χ2n) is 2.63. The fourth-order valence-electron chi connectivity index (χ4n) is 0.787. The average Bonchev–Trinajstić information content (AvgIpc) is 1.94. The van der Waals surface area contributed by atoms with Crippen molar-refractivity contribution in [2.75, 3.05) is 28.1 Å². The largest absolute Gasteiger partial charge is 0.229 e. The van der Waals surface area contributed by atoms with Gasteiger partial charge in [0.25, 0.3) is 0 Å². The van der Waals surface area contributed by atoms with E-state index in [0.29, 0.717) is 5.75 Å². The molecule has 4 nitrogen and oxygen atoms in total. The Morgan fingerprint density at radius 3 is 2.08 bits per heavy atom. The molecule has 0 aromatic carbocycles. The van der Waals surface area contributed by atoms with Gasteiger partial charge in [0.15, 0.2) is 19.7 Å². The molecule has 1 fully saturated rings. The molecular weight excluding hydrogens is 220 g/mol. The summed E-state index contributed by atoms with van der Waals surface area (Å²) in [5, 5.41) is 0.0581. The summed E-state index contributed by atoms with van der Waals surface area (Å²) in [5.41, 5.74) is 0. The molecule has 0 radical (unpaired) electrons. The zero-order chi connectivity index (χ0) is 9.24. The van der Waals surface area contributed by atoms with Crippen LogP contribution in [0.1, 0.15) is 0 Å². The van der Waals surface area contributed by atoms with E-state index in [1.807, 2.05) is 0 Å². The normalized spacial score (nSPS) is 28.7. The molecule has 0 aromatic heterocycles. The van der Waals surface area contributed by atoms with Gasteiger partial charge in [0.1, 0.15) is 0 Å². The van der Waals surface area contributed by atoms with Crippen LogP contribution in [0.5, 0.6) is 0 Å². The third kappa shape index (κ3) is 3.32. The van der Waals surface area contributed by atoms with E-state index in [0.717, 1.165) is 0 Å². The summed E-state index contributed by atoms with van der Waals surface area (Å²) >= 11 is 1.17. The molecule has 1 rings (SSSR count). The number of hydrogen-bond acceptors (Lipinski definition) is 5. The zero-order valence-corrected chi connectivity index (χ0v) is 8.84. The molecule has 0 bridgehead atoms. The maximum atomic E-state index is 11.0. The van der Waals surface area contributed by atoms with E-state index < -0.39 is 19.7 Å². The van der Waals surface area contributed by atoms with E-state index in [-0.39, 0.29) is 22.3 Å². The van der Waals surface area contributed by atoms with Crippen molar-refractivity contribution < 1.29 is 16.8 Å². The van der Waals surface area contributed by atoms with Crippen LogP contribution in [0.15, 0.2) is 0 Å². The molecule has 1 heterocycles. The van der Waals surface area contributed by atoms with Crippen LogP contribution >= 0.6 is 11.8 Å². The van der Waals surface area contributed by atoms with Crippen LogP contribution in [0, 0.1) is 0 Å². The number of hydrogen-bond donors (Lipinski definition) is 0. The van der Waals surface area contributed by atoms with Crippen LogP contribution in [0.4, 0.5) is 0 Å². The first-order valence-corrected chi connectivity index (χ1v) is 8.20. The van der Waals surface area contributed by atoms with Gasteiger partial charge in [-0.05, 0) is 0 Å². The van der Waals surface area contributed by atoms with Crippen molar-refractivity contribution in [3.63, 3.8) is 0 Å². The standard InChI is InChI=1S/C5H10O4S3/c6-11(7)2-1-10-5-12(8,9)4-3-11/h1-5H2. The van der Waals surface area contributed by atoms with E-state index in [9.17, 15) is 16.8 Å². The number of rotatable bonds is 0. The molecule has 1 aliphatic rings. The molecule has 0 atom stereocenters. The Bertz CT molecular complexity index is 303. The molecule has 0 spiro atoms. The quantitative estimate of drug-likeness (QED) is 0.562. The van der Waals surface area contributed by atoms with Gasteiger partial charge in [0.2, 0.25) is 0 Å². The van der Waals surface area contributed by atoms with Crippen molar-refractivity contribution >= 4 is 31.4 Å². The predicted molar refractivity (Wildman–Crippen MR) is 49.8 cm³/mol. The molecular formula is C5H10O4S3. The second-order valence-corrected chi connectivity index (χ2v) is 8.58. The van der Waals surface area contributed by atoms with Crippen molar-refractivity contribution in [2.24, 2.45) is 0 Å². The second kappa shape index (κ2) is 3.55. The van der Waals surface area contributed by atoms with Gasteiger partial charge in [-0.15, -0.1) is 11.8 Å². The molecule has 12 heavy (non-hydrogen) atoms. The third-order valence-corrected chi connectivity index (χ3v) is 7.10. The highest BCUT2D eigenvalue weighted by Gasteiger charge is 2.21. The lowest BCUT2D eigenvalue weighted by Crippen LogP contribution is -2.24. The Morgan fingerprint density at radius 1 is 0.833 bits per heavy atom. The molecule has 0 amide bonds. The van der Waals surface area contributed by atoms with Crippen molar-refractivity contribution in [2.45, 2.75) is 0 Å². The topological polar surface area (TPSA) is 68.3 Å². The summed E-state index contributed by atoms with van der Waals surface area (Å²) in [7, 11) is -6.24. The van der Waals surface area contributed by atoms with Crippen molar-refractivity contribution in [3.8, 4) is 0 Å². The smallest absolute Gasteiger partial charge is 0.160 e. The number of thioether (sulfide) groups is 1. The predicted octanol–water partition coefficient (Wildman–Crippen LogP) is -0.480. The minimum Gasteiger partial charge on any atom is -0.229 e. The summed E-state index contributed by atoms with van der Waals surface area (Å²) in [6.07, 6.45) is 0. The lowest BCUT2D eigenvalue weighted by molar-refractivity contribution is 0.590. The van der Waals surface area contributed by atoms with Gasteiger partial charge in [-0.3, -0.25) is 0 Å². The van der Waals surface area contributed by atoms with Crippen LogP contribution < -0.4 is 0 Å². The first-order chi connectivity index (χ1) is 5.41. The van der Waals surface area contributed by atoms with Crippen LogP contribution in [-0.4, -0.2) is 44.9 Å². The third-order valence-electron chi connectivity index (χ3n) is 1.51. The van der Waals surface area contributed by atoms with Crippen LogP contribution in [0.3, 0.4) is 0 Å². The maximum absolute atomic E-state index is 11.0. The van der Waals surface area contributed by atoms with Gasteiger partial charge < -0.3 is 0 Å². The van der Waals surface area contributed by atoms with E-state index in [2.05, 4.69) is 0 Å². The summed E-state index contributed by atoms with van der Waals surface area (Å²) < 4.78 is 44.1. The average molecular weight is 230 g/mol. The van der Waals surface area contributed by atoms with Crippen LogP contribution in [0.2, 0.25) is 0 Å². The highest BCUT2D eigenvalue weighted by molar-refractivity contribution is 8.13. The molecule has 72 valence electrons. The minimum absolute atomic E-state index is 0.0581. The molecule has 0 aliphatic carbocycles. The molecule has 1 aliphatic heterocycles. The summed E-state index contributed by atoms with van der Waals surface area (Å²) in [5.74, 6) is 0.0625. The molecule has 0 saturated carbocycles. The van der Waals surface area contributed by atoms with Crippen LogP contribution in [-0.2, 0) is 19.7 Å². The Morgan fingerprint density at radius 2 is 1.42 bits per heavy atom. The Hall–Kier alpha value is 0.250. The summed E-state index contributed by atoms with van der Waals surface area (Å²) in [6, 6.07) is 0. The van der Waals surface area contributed by atoms with Gasteiger partial charge in [0.05, 0.1) is 22.3 Å².